The van der Waals surface area contributed by atoms with Crippen molar-refractivity contribution in [2.45, 2.75) is 0 Å². The number of anilines is 1. The van der Waals surface area contributed by atoms with Crippen LogP contribution in [0.15, 0.2) is 51.5 Å². The van der Waals surface area contributed by atoms with E-state index in [1.165, 1.54) is 13.2 Å². The van der Waals surface area contributed by atoms with E-state index in [1.807, 2.05) is 30.3 Å². The van der Waals surface area contributed by atoms with Crippen LogP contribution >= 0.6 is 0 Å². The Morgan fingerprint density at radius 2 is 1.95 bits per heavy atom. The molecule has 0 unspecified atom stereocenters. The van der Waals surface area contributed by atoms with Gasteiger partial charge >= 0.3 is 0 Å². The number of carbonyl (C=O) groups is 1. The molecule has 7 heteroatoms. The molecule has 7 nitrogen and oxygen atoms in total. The van der Waals surface area contributed by atoms with Gasteiger partial charge in [0.05, 0.1) is 13.2 Å². The second-order valence-electron chi connectivity index (χ2n) is 4.13. The van der Waals surface area contributed by atoms with Gasteiger partial charge in [-0.2, -0.15) is 0 Å². The summed E-state index contributed by atoms with van der Waals surface area (Å²) >= 11 is 0. The van der Waals surface area contributed by atoms with Crippen LogP contribution in [0.1, 0.15) is 10.6 Å². The summed E-state index contributed by atoms with van der Waals surface area (Å²) < 4.78 is 14.9. The number of aromatic nitrogens is 2. The van der Waals surface area contributed by atoms with E-state index in [2.05, 4.69) is 15.6 Å². The van der Waals surface area contributed by atoms with Gasteiger partial charge in [-0.25, -0.2) is 0 Å². The van der Waals surface area contributed by atoms with Gasteiger partial charge in [-0.15, -0.1) is 0 Å². The zero-order valence-electron chi connectivity index (χ0n) is 11.1. The number of amides is 1. The van der Waals surface area contributed by atoms with E-state index >= 15 is 0 Å². The Morgan fingerprint density at radius 3 is 2.67 bits per heavy atom. The second-order valence-corrected chi connectivity index (χ2v) is 4.13. The molecule has 3 aromatic rings. The van der Waals surface area contributed by atoms with Crippen LogP contribution in [0, 0.1) is 0 Å². The Kier molecular flexibility index (Phi) is 3.38. The minimum absolute atomic E-state index is 0.0242. The van der Waals surface area contributed by atoms with Crippen molar-refractivity contribution in [1.29, 1.82) is 0 Å². The van der Waals surface area contributed by atoms with Crippen LogP contribution in [-0.2, 0) is 0 Å². The molecule has 1 amide bonds. The van der Waals surface area contributed by atoms with Crippen molar-refractivity contribution in [3.8, 4) is 17.2 Å². The molecule has 0 fully saturated rings. The Balaban J connectivity index is 1.74. The first-order valence-corrected chi connectivity index (χ1v) is 6.10. The molecule has 0 aliphatic carbocycles. The number of benzene rings is 1. The summed E-state index contributed by atoms with van der Waals surface area (Å²) in [5, 5.41) is 9.89. The van der Waals surface area contributed by atoms with E-state index < -0.39 is 5.91 Å². The van der Waals surface area contributed by atoms with E-state index in [0.29, 0.717) is 5.76 Å². The lowest BCUT2D eigenvalue weighted by molar-refractivity contribution is 0.0986. The lowest BCUT2D eigenvalue weighted by Crippen LogP contribution is -2.10. The van der Waals surface area contributed by atoms with Gasteiger partial charge in [-0.1, -0.05) is 35.5 Å². The SMILES string of the molecule is COc1cc(C(=O)Nc2cc(-c3ccccc3)on2)on1. The smallest absolute Gasteiger partial charge is 0.295 e. The molecule has 2 heterocycles. The molecule has 2 aromatic heterocycles. The predicted octanol–water partition coefficient (Wildman–Crippen LogP) is 2.59. The summed E-state index contributed by atoms with van der Waals surface area (Å²) in [5.41, 5.74) is 0.867. The van der Waals surface area contributed by atoms with Crippen molar-refractivity contribution in [2.75, 3.05) is 12.4 Å². The number of carbonyl (C=O) groups excluding carboxylic acids is 1. The zero-order valence-corrected chi connectivity index (χ0v) is 11.1. The standard InChI is InChI=1S/C14H11N3O4/c1-19-13-8-11(21-17-13)14(18)15-12-7-10(20-16-12)9-5-3-2-4-6-9/h2-8H,1H3,(H,15,16,18). The van der Waals surface area contributed by atoms with E-state index in [0.717, 1.165) is 5.56 Å². The third-order valence-electron chi connectivity index (χ3n) is 2.73. The highest BCUT2D eigenvalue weighted by molar-refractivity contribution is 6.01. The monoisotopic (exact) mass is 285 g/mol. The Labute approximate surface area is 119 Å². The molecule has 0 aliphatic rings. The molecule has 0 aliphatic heterocycles. The molecule has 106 valence electrons. The second kappa shape index (κ2) is 5.49. The van der Waals surface area contributed by atoms with E-state index in [4.69, 9.17) is 13.8 Å². The van der Waals surface area contributed by atoms with Gasteiger partial charge in [-0.3, -0.25) is 4.79 Å². The number of hydrogen-bond acceptors (Lipinski definition) is 6. The van der Waals surface area contributed by atoms with E-state index in [9.17, 15) is 4.79 Å². The maximum atomic E-state index is 11.9. The van der Waals surface area contributed by atoms with Crippen LogP contribution in [0.3, 0.4) is 0 Å². The van der Waals surface area contributed by atoms with Crippen molar-refractivity contribution in [3.63, 3.8) is 0 Å². The maximum Gasteiger partial charge on any atom is 0.295 e. The first kappa shape index (κ1) is 12.9. The molecule has 0 saturated carbocycles. The molecule has 1 N–H and O–H groups in total. The molecule has 0 atom stereocenters. The first-order valence-electron chi connectivity index (χ1n) is 6.10. The fourth-order valence-electron chi connectivity index (χ4n) is 1.71. The van der Waals surface area contributed by atoms with E-state index in [1.54, 1.807) is 6.07 Å². The third-order valence-corrected chi connectivity index (χ3v) is 2.73. The van der Waals surface area contributed by atoms with Crippen molar-refractivity contribution >= 4 is 11.7 Å². The van der Waals surface area contributed by atoms with Gasteiger partial charge < -0.3 is 19.1 Å². The summed E-state index contributed by atoms with van der Waals surface area (Å²) in [6, 6.07) is 12.4. The van der Waals surface area contributed by atoms with Gasteiger partial charge in [0.2, 0.25) is 5.76 Å². The maximum absolute atomic E-state index is 11.9. The van der Waals surface area contributed by atoms with Crippen LogP contribution in [0.5, 0.6) is 5.88 Å². The molecule has 0 saturated heterocycles. The number of nitrogens with one attached hydrogen (secondary N) is 1. The highest BCUT2D eigenvalue weighted by Gasteiger charge is 2.16. The molecular formula is C14H11N3O4. The fourth-order valence-corrected chi connectivity index (χ4v) is 1.71. The quantitative estimate of drug-likeness (QED) is 0.792. The summed E-state index contributed by atoms with van der Waals surface area (Å²) in [5.74, 6) is 0.607. The van der Waals surface area contributed by atoms with Crippen LogP contribution < -0.4 is 10.1 Å². The third kappa shape index (κ3) is 2.76. The Morgan fingerprint density at radius 1 is 1.14 bits per heavy atom. The fraction of sp³-hybridized carbons (Fsp3) is 0.0714. The first-order chi connectivity index (χ1) is 10.3. The lowest BCUT2D eigenvalue weighted by Gasteiger charge is -1.94. The van der Waals surface area contributed by atoms with Crippen molar-refractivity contribution in [2.24, 2.45) is 0 Å². The topological polar surface area (TPSA) is 90.4 Å². The zero-order chi connectivity index (χ0) is 14.7. The van der Waals surface area contributed by atoms with Gasteiger partial charge in [0, 0.05) is 11.6 Å². The van der Waals surface area contributed by atoms with Gasteiger partial charge in [0.1, 0.15) is 0 Å². The number of methoxy groups -OCH3 is 1. The van der Waals surface area contributed by atoms with Crippen LogP contribution in [0.25, 0.3) is 11.3 Å². The molecule has 1 aromatic carbocycles. The molecular weight excluding hydrogens is 274 g/mol. The van der Waals surface area contributed by atoms with E-state index in [-0.39, 0.29) is 17.5 Å². The summed E-state index contributed by atoms with van der Waals surface area (Å²) in [7, 11) is 1.43. The Bertz CT molecular complexity index is 748. The minimum Gasteiger partial charge on any atom is -0.479 e. The molecule has 3 rings (SSSR count). The largest absolute Gasteiger partial charge is 0.479 e. The minimum atomic E-state index is -0.487. The highest BCUT2D eigenvalue weighted by atomic mass is 16.5. The summed E-state index contributed by atoms with van der Waals surface area (Å²) in [6.07, 6.45) is 0. The van der Waals surface area contributed by atoms with Gasteiger partial charge in [-0.05, 0) is 5.16 Å². The lowest BCUT2D eigenvalue weighted by atomic mass is 10.2. The molecule has 0 spiro atoms. The number of hydrogen-bond donors (Lipinski definition) is 1. The summed E-state index contributed by atoms with van der Waals surface area (Å²) in [4.78, 5) is 11.9. The average molecular weight is 285 g/mol. The molecule has 0 radical (unpaired) electrons. The molecule has 21 heavy (non-hydrogen) atoms. The average Bonchev–Trinajstić information content (AvgIpc) is 3.17. The van der Waals surface area contributed by atoms with Crippen molar-refractivity contribution in [1.82, 2.24) is 10.3 Å². The van der Waals surface area contributed by atoms with Crippen LogP contribution in [0.2, 0.25) is 0 Å². The number of nitrogens with zero attached hydrogens (tertiary/aromatic N) is 2. The predicted molar refractivity (Wildman–Crippen MR) is 72.9 cm³/mol. The van der Waals surface area contributed by atoms with Gasteiger partial charge in [0.25, 0.3) is 11.8 Å². The highest BCUT2D eigenvalue weighted by Crippen LogP contribution is 2.22. The van der Waals surface area contributed by atoms with Gasteiger partial charge in [0.15, 0.2) is 11.6 Å². The van der Waals surface area contributed by atoms with Crippen LogP contribution in [-0.4, -0.2) is 23.3 Å². The Hall–Kier alpha value is -3.09. The van der Waals surface area contributed by atoms with Crippen molar-refractivity contribution in [3.05, 3.63) is 48.2 Å². The summed E-state index contributed by atoms with van der Waals surface area (Å²) in [6.45, 7) is 0. The molecule has 0 bridgehead atoms. The number of rotatable bonds is 4. The normalized spacial score (nSPS) is 10.3. The number of ether oxygens (including phenoxy) is 1. The van der Waals surface area contributed by atoms with Crippen molar-refractivity contribution < 1.29 is 18.6 Å². The van der Waals surface area contributed by atoms with Crippen LogP contribution in [0.4, 0.5) is 5.82 Å².